The van der Waals surface area contributed by atoms with Gasteiger partial charge in [-0.2, -0.15) is 4.31 Å². The number of alkyl halides is 1. The number of halogens is 1. The summed E-state index contributed by atoms with van der Waals surface area (Å²) in [6.07, 6.45) is 2.16. The summed E-state index contributed by atoms with van der Waals surface area (Å²) in [5.41, 5.74) is 1.03. The molecule has 0 radical (unpaired) electrons. The first-order valence-corrected chi connectivity index (χ1v) is 11.2. The van der Waals surface area contributed by atoms with Gasteiger partial charge in [0, 0.05) is 28.3 Å². The van der Waals surface area contributed by atoms with Gasteiger partial charge in [-0.25, -0.2) is 13.2 Å². The molecule has 2 rings (SSSR count). The first kappa shape index (κ1) is 19.7. The van der Waals surface area contributed by atoms with Gasteiger partial charge in [-0.1, -0.05) is 40.3 Å². The fourth-order valence-electron chi connectivity index (χ4n) is 2.46. The average molecular weight is 481 g/mol. The van der Waals surface area contributed by atoms with Crippen molar-refractivity contribution in [2.75, 3.05) is 19.4 Å². The molecule has 1 saturated heterocycles. The van der Waals surface area contributed by atoms with E-state index in [1.165, 1.54) is 24.9 Å². The van der Waals surface area contributed by atoms with Crippen molar-refractivity contribution in [3.8, 4) is 0 Å². The van der Waals surface area contributed by atoms with Gasteiger partial charge in [0.05, 0.1) is 12.0 Å². The standard InChI is InChI=1S/C16H20INO4S2/c1-12-3-5-15(6-4-12)24(20,21)18-10-13(17)9-14(18)11-23-8-7-16(19)22-2/h3-8,13-14H,9-11H2,1-2H3/b8-7-/t13?,14-/m0/s1. The molecule has 1 unspecified atom stereocenters. The summed E-state index contributed by atoms with van der Waals surface area (Å²) < 4.78 is 32.2. The van der Waals surface area contributed by atoms with E-state index >= 15 is 0 Å². The zero-order valence-electron chi connectivity index (χ0n) is 13.5. The Morgan fingerprint density at radius 3 is 2.71 bits per heavy atom. The maximum absolute atomic E-state index is 12.9. The third-order valence-electron chi connectivity index (χ3n) is 3.73. The van der Waals surface area contributed by atoms with Crippen LogP contribution in [0.5, 0.6) is 0 Å². The van der Waals surface area contributed by atoms with E-state index in [4.69, 9.17) is 0 Å². The van der Waals surface area contributed by atoms with Crippen LogP contribution in [0.25, 0.3) is 0 Å². The molecule has 1 aromatic carbocycles. The fraction of sp³-hybridized carbons (Fsp3) is 0.438. The van der Waals surface area contributed by atoms with Gasteiger partial charge in [-0.05, 0) is 30.9 Å². The molecule has 0 saturated carbocycles. The number of esters is 1. The Morgan fingerprint density at radius 1 is 1.42 bits per heavy atom. The van der Waals surface area contributed by atoms with Gasteiger partial charge in [0.25, 0.3) is 0 Å². The van der Waals surface area contributed by atoms with Crippen molar-refractivity contribution in [3.05, 3.63) is 41.3 Å². The Morgan fingerprint density at radius 2 is 2.08 bits per heavy atom. The molecule has 5 nitrogen and oxygen atoms in total. The van der Waals surface area contributed by atoms with Crippen molar-refractivity contribution < 1.29 is 17.9 Å². The molecule has 0 aromatic heterocycles. The normalized spacial score (nSPS) is 22.1. The Bertz CT molecular complexity index is 703. The number of rotatable bonds is 6. The number of ether oxygens (including phenoxy) is 1. The SMILES string of the molecule is COC(=O)/C=C\SC[C@@H]1CC(I)CN1S(=O)(=O)c1ccc(C)cc1. The molecule has 1 aliphatic rings. The number of nitrogens with zero attached hydrogens (tertiary/aromatic N) is 1. The highest BCUT2D eigenvalue weighted by molar-refractivity contribution is 14.1. The lowest BCUT2D eigenvalue weighted by Gasteiger charge is -2.23. The number of carbonyl (C=O) groups excluding carboxylic acids is 1. The minimum Gasteiger partial charge on any atom is -0.466 e. The molecule has 0 bridgehead atoms. The van der Waals surface area contributed by atoms with Crippen molar-refractivity contribution in [1.29, 1.82) is 0 Å². The topological polar surface area (TPSA) is 63.7 Å². The number of hydrogen-bond donors (Lipinski definition) is 0. The van der Waals surface area contributed by atoms with Gasteiger partial charge < -0.3 is 4.74 Å². The number of methoxy groups -OCH3 is 1. The lowest BCUT2D eigenvalue weighted by atomic mass is 10.2. The Hall–Kier alpha value is -0.580. The molecule has 0 N–H and O–H groups in total. The van der Waals surface area contributed by atoms with Gasteiger partial charge in [0.2, 0.25) is 10.0 Å². The van der Waals surface area contributed by atoms with Gasteiger partial charge >= 0.3 is 5.97 Å². The molecule has 1 heterocycles. The minimum absolute atomic E-state index is 0.0782. The van der Waals surface area contributed by atoms with Crippen molar-refractivity contribution in [2.45, 2.75) is 28.2 Å². The van der Waals surface area contributed by atoms with Crippen LogP contribution in [0.15, 0.2) is 40.6 Å². The van der Waals surface area contributed by atoms with E-state index in [0.717, 1.165) is 12.0 Å². The van der Waals surface area contributed by atoms with Crippen LogP contribution < -0.4 is 0 Å². The molecule has 1 fully saturated rings. The molecule has 24 heavy (non-hydrogen) atoms. The second kappa shape index (κ2) is 8.68. The van der Waals surface area contributed by atoms with Gasteiger partial charge in [0.15, 0.2) is 0 Å². The zero-order valence-corrected chi connectivity index (χ0v) is 17.3. The fourth-order valence-corrected chi connectivity index (χ4v) is 6.37. The predicted octanol–water partition coefficient (Wildman–Crippen LogP) is 2.98. The van der Waals surface area contributed by atoms with Crippen LogP contribution in [-0.2, 0) is 19.6 Å². The summed E-state index contributed by atoms with van der Waals surface area (Å²) in [5, 5.41) is 1.66. The maximum atomic E-state index is 12.9. The van der Waals surface area contributed by atoms with Crippen LogP contribution in [0, 0.1) is 6.92 Å². The van der Waals surface area contributed by atoms with Crippen LogP contribution in [0.2, 0.25) is 0 Å². The molecule has 0 spiro atoms. The summed E-state index contributed by atoms with van der Waals surface area (Å²) in [4.78, 5) is 11.4. The summed E-state index contributed by atoms with van der Waals surface area (Å²) in [6, 6.07) is 6.87. The third-order valence-corrected chi connectivity index (χ3v) is 7.47. The van der Waals surface area contributed by atoms with E-state index in [0.29, 0.717) is 17.2 Å². The van der Waals surface area contributed by atoms with Crippen LogP contribution >= 0.6 is 34.4 Å². The summed E-state index contributed by atoms with van der Waals surface area (Å²) in [6.45, 7) is 2.45. The molecular formula is C16H20INO4S2. The van der Waals surface area contributed by atoms with Crippen LogP contribution in [0.4, 0.5) is 0 Å². The highest BCUT2D eigenvalue weighted by Gasteiger charge is 2.38. The number of benzene rings is 1. The predicted molar refractivity (Wildman–Crippen MR) is 105 cm³/mol. The summed E-state index contributed by atoms with van der Waals surface area (Å²) in [5.74, 6) is 0.197. The van der Waals surface area contributed by atoms with Gasteiger partial charge in [0.1, 0.15) is 0 Å². The number of sulfonamides is 1. The molecule has 1 aliphatic heterocycles. The Kier molecular flexibility index (Phi) is 7.14. The highest BCUT2D eigenvalue weighted by Crippen LogP contribution is 2.32. The second-order valence-corrected chi connectivity index (χ2v) is 10.1. The van der Waals surface area contributed by atoms with E-state index in [1.54, 1.807) is 21.8 Å². The number of hydrogen-bond acceptors (Lipinski definition) is 5. The molecule has 0 aliphatic carbocycles. The molecule has 132 valence electrons. The molecule has 1 aromatic rings. The van der Waals surface area contributed by atoms with E-state index < -0.39 is 16.0 Å². The van der Waals surface area contributed by atoms with E-state index in [2.05, 4.69) is 27.3 Å². The molecule has 8 heteroatoms. The van der Waals surface area contributed by atoms with Crippen molar-refractivity contribution in [1.82, 2.24) is 4.31 Å². The Labute approximate surface area is 161 Å². The summed E-state index contributed by atoms with van der Waals surface area (Å²) in [7, 11) is -2.17. The zero-order chi connectivity index (χ0) is 17.7. The lowest BCUT2D eigenvalue weighted by Crippen LogP contribution is -2.37. The van der Waals surface area contributed by atoms with Gasteiger partial charge in [-0.3, -0.25) is 0 Å². The highest BCUT2D eigenvalue weighted by atomic mass is 127. The molecule has 0 amide bonds. The third kappa shape index (κ3) is 4.96. The Balaban J connectivity index is 2.10. The quantitative estimate of drug-likeness (QED) is 0.271. The van der Waals surface area contributed by atoms with Crippen LogP contribution in [0.3, 0.4) is 0 Å². The maximum Gasteiger partial charge on any atom is 0.330 e. The number of thioether (sulfide) groups is 1. The monoisotopic (exact) mass is 481 g/mol. The van der Waals surface area contributed by atoms with Crippen molar-refractivity contribution in [3.63, 3.8) is 0 Å². The lowest BCUT2D eigenvalue weighted by molar-refractivity contribution is -0.134. The smallest absolute Gasteiger partial charge is 0.330 e. The number of carbonyl (C=O) groups is 1. The second-order valence-electron chi connectivity index (χ2n) is 5.53. The first-order chi connectivity index (χ1) is 11.3. The van der Waals surface area contributed by atoms with Crippen molar-refractivity contribution in [2.24, 2.45) is 0 Å². The first-order valence-electron chi connectivity index (χ1n) is 7.43. The van der Waals surface area contributed by atoms with E-state index in [9.17, 15) is 13.2 Å². The largest absolute Gasteiger partial charge is 0.466 e. The minimum atomic E-state index is -3.50. The average Bonchev–Trinajstić information content (AvgIpc) is 2.93. The molecular weight excluding hydrogens is 461 g/mol. The van der Waals surface area contributed by atoms with Crippen LogP contribution in [0.1, 0.15) is 12.0 Å². The van der Waals surface area contributed by atoms with Gasteiger partial charge in [-0.15, -0.1) is 11.8 Å². The number of aryl methyl sites for hydroxylation is 1. The summed E-state index contributed by atoms with van der Waals surface area (Å²) >= 11 is 3.72. The van der Waals surface area contributed by atoms with E-state index in [-0.39, 0.29) is 9.97 Å². The van der Waals surface area contributed by atoms with Crippen LogP contribution in [-0.4, -0.2) is 48.1 Å². The molecule has 2 atom stereocenters. The van der Waals surface area contributed by atoms with Crippen molar-refractivity contribution >= 4 is 50.3 Å². The van der Waals surface area contributed by atoms with E-state index in [1.807, 2.05) is 19.1 Å².